The van der Waals surface area contributed by atoms with E-state index in [9.17, 15) is 9.59 Å². The van der Waals surface area contributed by atoms with Crippen LogP contribution < -0.4 is 16.0 Å². The molecular weight excluding hydrogens is 534 g/mol. The number of aromatic nitrogens is 4. The van der Waals surface area contributed by atoms with Crippen molar-refractivity contribution in [1.29, 1.82) is 0 Å². The van der Waals surface area contributed by atoms with Crippen molar-refractivity contribution in [3.63, 3.8) is 0 Å². The molecule has 3 heterocycles. The first-order chi connectivity index (χ1) is 18.6. The summed E-state index contributed by atoms with van der Waals surface area (Å²) in [6.07, 6.45) is 6.90. The second-order valence-electron chi connectivity index (χ2n) is 10.6. The molecule has 4 aromatic rings. The number of rotatable bonds is 8. The Morgan fingerprint density at radius 3 is 2.51 bits per heavy atom. The number of hydrogen-bond donors (Lipinski definition) is 3. The fraction of sp³-hybridized carbons (Fsp3) is 0.321. The Labute approximate surface area is 236 Å². The van der Waals surface area contributed by atoms with E-state index in [1.807, 2.05) is 30.3 Å². The monoisotopic (exact) mass is 563 g/mol. The lowest BCUT2D eigenvalue weighted by Gasteiger charge is -2.14. The summed E-state index contributed by atoms with van der Waals surface area (Å²) in [6, 6.07) is 12.6. The molecule has 0 spiro atoms. The molecule has 1 aromatic carbocycles. The Kier molecular flexibility index (Phi) is 7.67. The van der Waals surface area contributed by atoms with Crippen molar-refractivity contribution < 1.29 is 9.59 Å². The third-order valence-electron chi connectivity index (χ3n) is 6.25. The molecule has 39 heavy (non-hydrogen) atoms. The molecule has 3 aromatic heterocycles. The van der Waals surface area contributed by atoms with Gasteiger partial charge in [0.1, 0.15) is 11.6 Å². The number of nitrogens with one attached hydrogen (secondary N) is 3. The first kappa shape index (κ1) is 26.8. The number of benzene rings is 1. The van der Waals surface area contributed by atoms with Crippen molar-refractivity contribution in [2.24, 2.45) is 5.92 Å². The SMILES string of the molecule is CC(C)(C)c1cc(NC(=O)Nc2ncc(CCc3ccnc(NC(=O)C4CC4)c3)s2)n(-c2ccc(Cl)cc2)n1. The second-order valence-corrected chi connectivity index (χ2v) is 12.1. The highest BCUT2D eigenvalue weighted by atomic mass is 35.5. The highest BCUT2D eigenvalue weighted by Gasteiger charge is 2.29. The normalized spacial score (nSPS) is 13.2. The molecule has 1 fully saturated rings. The van der Waals surface area contributed by atoms with Crippen molar-refractivity contribution in [3.8, 4) is 5.69 Å². The summed E-state index contributed by atoms with van der Waals surface area (Å²) < 4.78 is 1.69. The Hall–Kier alpha value is -3.76. The quantitative estimate of drug-likeness (QED) is 0.228. The lowest BCUT2D eigenvalue weighted by atomic mass is 9.92. The summed E-state index contributed by atoms with van der Waals surface area (Å²) in [5.74, 6) is 1.30. The number of thiazole rings is 1. The van der Waals surface area contributed by atoms with E-state index in [1.165, 1.54) is 11.3 Å². The molecule has 3 amide bonds. The van der Waals surface area contributed by atoms with Crippen LogP contribution in [-0.2, 0) is 23.1 Å². The first-order valence-electron chi connectivity index (χ1n) is 12.8. The van der Waals surface area contributed by atoms with E-state index in [0.717, 1.165) is 47.5 Å². The van der Waals surface area contributed by atoms with Crippen LogP contribution in [0.15, 0.2) is 54.9 Å². The van der Waals surface area contributed by atoms with Gasteiger partial charge in [-0.2, -0.15) is 5.10 Å². The molecule has 202 valence electrons. The van der Waals surface area contributed by atoms with Crippen LogP contribution in [0.2, 0.25) is 5.02 Å². The van der Waals surface area contributed by atoms with Gasteiger partial charge in [0.15, 0.2) is 5.13 Å². The van der Waals surface area contributed by atoms with Gasteiger partial charge in [-0.1, -0.05) is 32.4 Å². The Balaban J connectivity index is 1.20. The van der Waals surface area contributed by atoms with Gasteiger partial charge in [0.2, 0.25) is 5.91 Å². The Morgan fingerprint density at radius 1 is 1.03 bits per heavy atom. The molecule has 0 bridgehead atoms. The highest BCUT2D eigenvalue weighted by Crippen LogP contribution is 2.30. The molecule has 0 saturated heterocycles. The molecule has 1 aliphatic carbocycles. The summed E-state index contributed by atoms with van der Waals surface area (Å²) in [5.41, 5.74) is 2.50. The molecule has 0 unspecified atom stereocenters. The molecule has 0 radical (unpaired) electrons. The predicted octanol–water partition coefficient (Wildman–Crippen LogP) is 6.45. The van der Waals surface area contributed by atoms with Crippen LogP contribution >= 0.6 is 22.9 Å². The van der Waals surface area contributed by atoms with Crippen molar-refractivity contribution in [2.45, 2.75) is 51.9 Å². The largest absolute Gasteiger partial charge is 0.326 e. The summed E-state index contributed by atoms with van der Waals surface area (Å²) in [7, 11) is 0. The number of halogens is 1. The van der Waals surface area contributed by atoms with Crippen LogP contribution in [0, 0.1) is 5.92 Å². The minimum absolute atomic E-state index is 0.0435. The number of carbonyl (C=O) groups excluding carboxylic acids is 2. The summed E-state index contributed by atoms with van der Waals surface area (Å²) >= 11 is 7.48. The molecule has 1 saturated carbocycles. The average Bonchev–Trinajstić information content (AvgIpc) is 3.51. The van der Waals surface area contributed by atoms with E-state index in [1.54, 1.807) is 29.2 Å². The number of hydrogen-bond acceptors (Lipinski definition) is 6. The number of carbonyl (C=O) groups is 2. The zero-order valence-corrected chi connectivity index (χ0v) is 23.6. The lowest BCUT2D eigenvalue weighted by molar-refractivity contribution is -0.117. The fourth-order valence-corrected chi connectivity index (χ4v) is 4.81. The standard InChI is InChI=1S/C28H30ClN7O2S/c1-28(2,3)22-15-24(36(35-22)20-9-7-19(29)8-10-20)33-26(38)34-27-31-16-21(39-27)11-4-17-12-13-30-23(14-17)32-25(37)18-5-6-18/h7-10,12-16,18H,4-6,11H2,1-3H3,(H,30,32,37)(H2,31,33,34,38). The van der Waals surface area contributed by atoms with E-state index < -0.39 is 6.03 Å². The molecule has 0 atom stereocenters. The minimum atomic E-state index is -0.406. The predicted molar refractivity (Wildman–Crippen MR) is 155 cm³/mol. The first-order valence-corrected chi connectivity index (χ1v) is 14.0. The topological polar surface area (TPSA) is 114 Å². The number of urea groups is 1. The summed E-state index contributed by atoms with van der Waals surface area (Å²) in [6.45, 7) is 6.21. The smallest absolute Gasteiger partial charge is 0.310 e. The van der Waals surface area contributed by atoms with Gasteiger partial charge >= 0.3 is 6.03 Å². The number of pyridine rings is 1. The van der Waals surface area contributed by atoms with Crippen LogP contribution in [0.4, 0.5) is 21.6 Å². The lowest BCUT2D eigenvalue weighted by Crippen LogP contribution is -2.21. The van der Waals surface area contributed by atoms with Crippen molar-refractivity contribution in [1.82, 2.24) is 19.7 Å². The molecule has 5 rings (SSSR count). The van der Waals surface area contributed by atoms with Gasteiger partial charge in [0, 0.05) is 39.7 Å². The van der Waals surface area contributed by atoms with E-state index in [2.05, 4.69) is 46.7 Å². The van der Waals surface area contributed by atoms with Gasteiger partial charge in [-0.05, 0) is 67.6 Å². The van der Waals surface area contributed by atoms with E-state index in [0.29, 0.717) is 21.8 Å². The zero-order chi connectivity index (χ0) is 27.6. The summed E-state index contributed by atoms with van der Waals surface area (Å²) in [5, 5.41) is 14.5. The molecule has 9 nitrogen and oxygen atoms in total. The van der Waals surface area contributed by atoms with Gasteiger partial charge in [-0.3, -0.25) is 15.4 Å². The molecule has 11 heteroatoms. The third kappa shape index (κ3) is 7.01. The van der Waals surface area contributed by atoms with E-state index in [4.69, 9.17) is 16.7 Å². The zero-order valence-electron chi connectivity index (χ0n) is 22.0. The maximum Gasteiger partial charge on any atom is 0.326 e. The maximum absolute atomic E-state index is 12.9. The van der Waals surface area contributed by atoms with Crippen LogP contribution in [0.25, 0.3) is 5.69 Å². The Bertz CT molecular complexity index is 1490. The van der Waals surface area contributed by atoms with Crippen LogP contribution in [0.5, 0.6) is 0 Å². The van der Waals surface area contributed by atoms with Crippen molar-refractivity contribution >= 4 is 51.6 Å². The second kappa shape index (κ2) is 11.2. The Morgan fingerprint density at radius 2 is 1.79 bits per heavy atom. The van der Waals surface area contributed by atoms with Crippen LogP contribution in [0.3, 0.4) is 0 Å². The van der Waals surface area contributed by atoms with Crippen molar-refractivity contribution in [2.75, 3.05) is 16.0 Å². The van der Waals surface area contributed by atoms with Crippen LogP contribution in [-0.4, -0.2) is 31.7 Å². The van der Waals surface area contributed by atoms with E-state index in [-0.39, 0.29) is 17.2 Å². The van der Waals surface area contributed by atoms with Gasteiger partial charge in [-0.25, -0.2) is 19.4 Å². The fourth-order valence-electron chi connectivity index (χ4n) is 3.88. The van der Waals surface area contributed by atoms with Gasteiger partial charge in [0.05, 0.1) is 11.4 Å². The molecule has 3 N–H and O–H groups in total. The summed E-state index contributed by atoms with van der Waals surface area (Å²) in [4.78, 5) is 34.6. The molecule has 0 aliphatic heterocycles. The minimum Gasteiger partial charge on any atom is -0.310 e. The third-order valence-corrected chi connectivity index (χ3v) is 7.47. The van der Waals surface area contributed by atoms with Crippen LogP contribution in [0.1, 0.15) is 49.7 Å². The molecular formula is C28H30ClN7O2S. The number of nitrogens with zero attached hydrogens (tertiary/aromatic N) is 4. The highest BCUT2D eigenvalue weighted by molar-refractivity contribution is 7.15. The maximum atomic E-state index is 12.9. The van der Waals surface area contributed by atoms with Gasteiger partial charge in [0.25, 0.3) is 0 Å². The van der Waals surface area contributed by atoms with Gasteiger partial charge in [-0.15, -0.1) is 11.3 Å². The number of anilines is 3. The average molecular weight is 564 g/mol. The van der Waals surface area contributed by atoms with Crippen molar-refractivity contribution in [3.05, 3.63) is 76.0 Å². The number of aryl methyl sites for hydroxylation is 2. The number of amides is 3. The van der Waals surface area contributed by atoms with E-state index >= 15 is 0 Å². The molecule has 1 aliphatic rings. The van der Waals surface area contributed by atoms with Gasteiger partial charge < -0.3 is 5.32 Å².